The number of hydrogen-bond donors (Lipinski definition) is 0. The Bertz CT molecular complexity index is 450. The van der Waals surface area contributed by atoms with E-state index in [2.05, 4.69) is 10.0 Å². The number of ketones is 1. The van der Waals surface area contributed by atoms with Crippen molar-refractivity contribution < 1.29 is 9.59 Å². The topological polar surface area (TPSA) is 86.1 Å². The summed E-state index contributed by atoms with van der Waals surface area (Å²) in [4.78, 5) is 27.6. The summed E-state index contributed by atoms with van der Waals surface area (Å²) in [7, 11) is 0. The maximum absolute atomic E-state index is 11.8. The quantitative estimate of drug-likeness (QED) is 0.381. The third-order valence-corrected chi connectivity index (χ3v) is 3.43. The van der Waals surface area contributed by atoms with E-state index in [-0.39, 0.29) is 17.5 Å². The number of nitrogens with zero attached hydrogens (tertiary/aromatic N) is 4. The van der Waals surface area contributed by atoms with Crippen molar-refractivity contribution in [2.24, 2.45) is 5.11 Å². The first-order chi connectivity index (χ1) is 7.50. The van der Waals surface area contributed by atoms with Gasteiger partial charge in [0.1, 0.15) is 5.54 Å². The van der Waals surface area contributed by atoms with Crippen LogP contribution in [0.3, 0.4) is 0 Å². The molecule has 6 heteroatoms. The molecule has 0 aromatic carbocycles. The lowest BCUT2D eigenvalue weighted by molar-refractivity contribution is -0.121. The molecule has 2 rings (SSSR count). The van der Waals surface area contributed by atoms with E-state index in [1.807, 2.05) is 13.8 Å². The Morgan fingerprint density at radius 3 is 3.06 bits per heavy atom. The second-order valence-electron chi connectivity index (χ2n) is 4.42. The van der Waals surface area contributed by atoms with Gasteiger partial charge in [0.25, 0.3) is 5.91 Å². The normalized spacial score (nSPS) is 32.1. The van der Waals surface area contributed by atoms with Gasteiger partial charge in [-0.3, -0.25) is 9.59 Å². The molecule has 0 N–H and O–H groups in total. The summed E-state index contributed by atoms with van der Waals surface area (Å²) < 4.78 is 0. The van der Waals surface area contributed by atoms with Crippen molar-refractivity contribution in [3.8, 4) is 0 Å². The minimum Gasteiger partial charge on any atom is -0.353 e. The highest BCUT2D eigenvalue weighted by Crippen LogP contribution is 2.42. The molecular weight excluding hydrogens is 208 g/mol. The predicted octanol–water partition coefficient (Wildman–Crippen LogP) is 1.53. The lowest BCUT2D eigenvalue weighted by Gasteiger charge is -2.32. The lowest BCUT2D eigenvalue weighted by Crippen LogP contribution is -2.44. The van der Waals surface area contributed by atoms with Crippen molar-refractivity contribution in [1.29, 1.82) is 0 Å². The van der Waals surface area contributed by atoms with Crippen LogP contribution in [0.25, 0.3) is 10.4 Å². The molecule has 2 heterocycles. The highest BCUT2D eigenvalue weighted by molar-refractivity contribution is 6.09. The number of carbonyl (C=O) groups excluding carboxylic acids is 2. The molecule has 84 valence electrons. The Morgan fingerprint density at radius 2 is 2.44 bits per heavy atom. The summed E-state index contributed by atoms with van der Waals surface area (Å²) in [6, 6.07) is 0.126. The predicted molar refractivity (Wildman–Crippen MR) is 56.2 cm³/mol. The molecule has 0 spiro atoms. The first-order valence-electron chi connectivity index (χ1n) is 5.15. The maximum Gasteiger partial charge on any atom is 0.265 e. The summed E-state index contributed by atoms with van der Waals surface area (Å²) in [5.74, 6) is -0.748. The van der Waals surface area contributed by atoms with Gasteiger partial charge in [0.15, 0.2) is 5.78 Å². The molecule has 1 saturated heterocycles. The zero-order valence-corrected chi connectivity index (χ0v) is 9.17. The molecular formula is C10H12N4O2. The van der Waals surface area contributed by atoms with E-state index < -0.39 is 11.4 Å². The van der Waals surface area contributed by atoms with Crippen molar-refractivity contribution in [2.45, 2.75) is 38.3 Å². The zero-order valence-electron chi connectivity index (χ0n) is 9.17. The zero-order chi connectivity index (χ0) is 11.9. The molecule has 6 nitrogen and oxygen atoms in total. The van der Waals surface area contributed by atoms with E-state index in [9.17, 15) is 9.59 Å². The van der Waals surface area contributed by atoms with Crippen LogP contribution in [0.15, 0.2) is 16.9 Å². The van der Waals surface area contributed by atoms with Gasteiger partial charge in [-0.1, -0.05) is 0 Å². The third kappa shape index (κ3) is 1.23. The van der Waals surface area contributed by atoms with Crippen LogP contribution >= 0.6 is 0 Å². The molecule has 2 aliphatic heterocycles. The van der Waals surface area contributed by atoms with E-state index >= 15 is 0 Å². The summed E-state index contributed by atoms with van der Waals surface area (Å²) in [6.07, 6.45) is 2.90. The largest absolute Gasteiger partial charge is 0.353 e. The Balaban J connectivity index is 2.42. The molecule has 0 saturated carbocycles. The van der Waals surface area contributed by atoms with Crippen LogP contribution in [0.2, 0.25) is 0 Å². The van der Waals surface area contributed by atoms with Gasteiger partial charge < -0.3 is 4.90 Å². The van der Waals surface area contributed by atoms with E-state index in [1.54, 1.807) is 4.90 Å². The van der Waals surface area contributed by atoms with Crippen LogP contribution in [-0.2, 0) is 9.59 Å². The fraction of sp³-hybridized carbons (Fsp3) is 0.600. The molecule has 2 atom stereocenters. The number of carbonyl (C=O) groups is 2. The Hall–Kier alpha value is -1.81. The monoisotopic (exact) mass is 220 g/mol. The minimum absolute atomic E-state index is 0.0756. The Labute approximate surface area is 92.5 Å². The van der Waals surface area contributed by atoms with Crippen LogP contribution in [0.4, 0.5) is 0 Å². The second-order valence-corrected chi connectivity index (χ2v) is 4.42. The molecule has 0 radical (unpaired) electrons. The van der Waals surface area contributed by atoms with Gasteiger partial charge >= 0.3 is 0 Å². The Morgan fingerprint density at radius 1 is 1.75 bits per heavy atom. The summed E-state index contributed by atoms with van der Waals surface area (Å²) in [5, 5.41) is 3.05. The van der Waals surface area contributed by atoms with E-state index in [4.69, 9.17) is 5.53 Å². The molecule has 2 aliphatic rings. The Kier molecular flexibility index (Phi) is 2.24. The fourth-order valence-electron chi connectivity index (χ4n) is 2.58. The molecule has 0 aliphatic carbocycles. The van der Waals surface area contributed by atoms with Crippen LogP contribution in [0.1, 0.15) is 26.7 Å². The first-order valence-corrected chi connectivity index (χ1v) is 5.15. The maximum atomic E-state index is 11.8. The summed E-state index contributed by atoms with van der Waals surface area (Å²) in [5.41, 5.74) is 7.86. The molecule has 0 aromatic rings. The average Bonchev–Trinajstić information content (AvgIpc) is 2.66. The molecule has 0 aromatic heterocycles. The molecule has 1 amide bonds. The summed E-state index contributed by atoms with van der Waals surface area (Å²) in [6.45, 7) is 3.78. The number of fused-ring (bicyclic) bond motifs is 1. The van der Waals surface area contributed by atoms with Crippen LogP contribution in [0.5, 0.6) is 0 Å². The van der Waals surface area contributed by atoms with Crippen molar-refractivity contribution in [3.05, 3.63) is 22.2 Å². The number of amides is 1. The van der Waals surface area contributed by atoms with Crippen molar-refractivity contribution >= 4 is 11.7 Å². The fourth-order valence-corrected chi connectivity index (χ4v) is 2.58. The van der Waals surface area contributed by atoms with Gasteiger partial charge in [0.2, 0.25) is 0 Å². The van der Waals surface area contributed by atoms with Crippen molar-refractivity contribution in [2.75, 3.05) is 0 Å². The molecule has 0 unspecified atom stereocenters. The van der Waals surface area contributed by atoms with Gasteiger partial charge in [0, 0.05) is 17.0 Å². The highest BCUT2D eigenvalue weighted by Gasteiger charge is 2.51. The second kappa shape index (κ2) is 3.35. The van der Waals surface area contributed by atoms with Gasteiger partial charge in [-0.25, -0.2) is 0 Å². The average molecular weight is 220 g/mol. The number of hydrogen-bond acceptors (Lipinski definition) is 3. The van der Waals surface area contributed by atoms with E-state index in [0.29, 0.717) is 0 Å². The highest BCUT2D eigenvalue weighted by atomic mass is 16.2. The molecule has 16 heavy (non-hydrogen) atoms. The van der Waals surface area contributed by atoms with Crippen LogP contribution in [0, 0.1) is 0 Å². The van der Waals surface area contributed by atoms with E-state index in [1.165, 1.54) is 6.08 Å². The lowest BCUT2D eigenvalue weighted by atomic mass is 9.96. The summed E-state index contributed by atoms with van der Waals surface area (Å²) >= 11 is 0. The smallest absolute Gasteiger partial charge is 0.265 e. The standard InChI is InChI=1S/C10H12N4O2/c1-6-3-4-10(2)8(15)5-7(14(6)10)9(16)12-13-11/h5-6H,3-4H2,1-2H3/t6-,10-/m1/s1. The van der Waals surface area contributed by atoms with Crippen molar-refractivity contribution in [3.63, 3.8) is 0 Å². The van der Waals surface area contributed by atoms with E-state index in [0.717, 1.165) is 12.8 Å². The van der Waals surface area contributed by atoms with Gasteiger partial charge in [-0.05, 0) is 37.3 Å². The number of rotatable bonds is 1. The molecule has 0 bridgehead atoms. The van der Waals surface area contributed by atoms with Crippen LogP contribution < -0.4 is 0 Å². The van der Waals surface area contributed by atoms with Crippen LogP contribution in [-0.4, -0.2) is 28.2 Å². The number of azide groups is 1. The van der Waals surface area contributed by atoms with Gasteiger partial charge in [-0.15, -0.1) is 0 Å². The van der Waals surface area contributed by atoms with Crippen molar-refractivity contribution in [1.82, 2.24) is 4.90 Å². The van der Waals surface area contributed by atoms with Gasteiger partial charge in [0.05, 0.1) is 5.70 Å². The first kappa shape index (κ1) is 10.7. The molecule has 1 fully saturated rings. The minimum atomic E-state index is -0.673. The SMILES string of the molecule is C[C@@H]1CC[C@]2(C)C(=O)C=C(C(=O)N=[N+]=[N-])N12. The third-order valence-electron chi connectivity index (χ3n) is 3.43. The van der Waals surface area contributed by atoms with Gasteiger partial charge in [-0.2, -0.15) is 0 Å².